The van der Waals surface area contributed by atoms with Gasteiger partial charge in [0.05, 0.1) is 12.3 Å². The molecule has 2 aromatic rings. The van der Waals surface area contributed by atoms with E-state index in [0.29, 0.717) is 0 Å². The molecule has 1 atom stereocenters. The van der Waals surface area contributed by atoms with Crippen molar-refractivity contribution < 1.29 is 4.42 Å². The van der Waals surface area contributed by atoms with Crippen molar-refractivity contribution in [2.75, 3.05) is 33.2 Å². The summed E-state index contributed by atoms with van der Waals surface area (Å²) in [4.78, 5) is 6.93. The molecule has 0 saturated carbocycles. The SMILES string of the molecule is CN=C(NCCc1nnc2n1CCCCC2)NCC(c1ccco1)N1CCCCC1.I. The summed E-state index contributed by atoms with van der Waals surface area (Å²) in [6.07, 6.45) is 11.2. The number of aromatic nitrogens is 3. The first kappa shape index (κ1) is 24.0. The van der Waals surface area contributed by atoms with Crippen LogP contribution in [0.4, 0.5) is 0 Å². The van der Waals surface area contributed by atoms with E-state index in [1.165, 1.54) is 38.5 Å². The lowest BCUT2D eigenvalue weighted by Gasteiger charge is -2.33. The average molecular weight is 541 g/mol. The van der Waals surface area contributed by atoms with E-state index in [4.69, 9.17) is 4.42 Å². The average Bonchev–Trinajstić information content (AvgIpc) is 3.38. The van der Waals surface area contributed by atoms with Gasteiger partial charge < -0.3 is 19.6 Å². The molecular formula is C22H36IN7O. The Morgan fingerprint density at radius 3 is 2.68 bits per heavy atom. The Morgan fingerprint density at radius 1 is 1.10 bits per heavy atom. The molecule has 1 unspecified atom stereocenters. The summed E-state index contributed by atoms with van der Waals surface area (Å²) in [7, 11) is 1.82. The van der Waals surface area contributed by atoms with E-state index in [1.54, 1.807) is 6.26 Å². The molecule has 31 heavy (non-hydrogen) atoms. The summed E-state index contributed by atoms with van der Waals surface area (Å²) < 4.78 is 8.06. The van der Waals surface area contributed by atoms with Crippen LogP contribution in [0.15, 0.2) is 27.8 Å². The molecule has 1 saturated heterocycles. The number of aliphatic imine (C=N–C) groups is 1. The fraction of sp³-hybridized carbons (Fsp3) is 0.682. The molecule has 0 radical (unpaired) electrons. The summed E-state index contributed by atoms with van der Waals surface area (Å²) in [6.45, 7) is 4.85. The lowest BCUT2D eigenvalue weighted by molar-refractivity contribution is 0.146. The van der Waals surface area contributed by atoms with Gasteiger partial charge in [-0.3, -0.25) is 9.89 Å². The topological polar surface area (TPSA) is 83.5 Å². The van der Waals surface area contributed by atoms with E-state index in [0.717, 1.165) is 68.9 Å². The third-order valence-electron chi connectivity index (χ3n) is 6.22. The smallest absolute Gasteiger partial charge is 0.191 e. The molecule has 4 rings (SSSR count). The molecule has 2 aromatic heterocycles. The zero-order valence-electron chi connectivity index (χ0n) is 18.6. The normalized spacial score (nSPS) is 18.5. The van der Waals surface area contributed by atoms with Gasteiger partial charge in [0, 0.05) is 39.5 Å². The number of nitrogens with zero attached hydrogens (tertiary/aromatic N) is 5. The number of likely N-dealkylation sites (tertiary alicyclic amines) is 1. The number of aryl methyl sites for hydroxylation is 1. The predicted molar refractivity (Wildman–Crippen MR) is 133 cm³/mol. The Morgan fingerprint density at radius 2 is 1.90 bits per heavy atom. The van der Waals surface area contributed by atoms with Crippen LogP contribution in [0.5, 0.6) is 0 Å². The minimum absolute atomic E-state index is 0. The van der Waals surface area contributed by atoms with Gasteiger partial charge in [-0.05, 0) is 50.9 Å². The summed E-state index contributed by atoms with van der Waals surface area (Å²) in [5, 5.41) is 15.8. The van der Waals surface area contributed by atoms with Gasteiger partial charge >= 0.3 is 0 Å². The highest BCUT2D eigenvalue weighted by Crippen LogP contribution is 2.24. The lowest BCUT2D eigenvalue weighted by atomic mass is 10.1. The van der Waals surface area contributed by atoms with Crippen molar-refractivity contribution in [2.24, 2.45) is 4.99 Å². The van der Waals surface area contributed by atoms with Gasteiger partial charge in [-0.2, -0.15) is 0 Å². The molecule has 2 aliphatic heterocycles. The number of hydrogen-bond donors (Lipinski definition) is 2. The molecule has 0 aliphatic carbocycles. The molecule has 0 spiro atoms. The van der Waals surface area contributed by atoms with E-state index in [2.05, 4.69) is 41.4 Å². The molecular weight excluding hydrogens is 505 g/mol. The summed E-state index contributed by atoms with van der Waals surface area (Å²) in [5.41, 5.74) is 0. The third-order valence-corrected chi connectivity index (χ3v) is 6.22. The molecule has 2 N–H and O–H groups in total. The van der Waals surface area contributed by atoms with Gasteiger partial charge in [-0.15, -0.1) is 34.2 Å². The standard InChI is InChI=1S/C22H35N7O.HI/c1-23-22(24-12-11-21-27-26-20-10-4-2-7-15-29(20)21)25-17-18(19-9-8-16-30-19)28-13-5-3-6-14-28;/h8-9,16,18H,2-7,10-15,17H2,1H3,(H2,23,24,25);1H. The fourth-order valence-corrected chi connectivity index (χ4v) is 4.56. The van der Waals surface area contributed by atoms with Crippen LogP contribution in [0.2, 0.25) is 0 Å². The largest absolute Gasteiger partial charge is 0.468 e. The number of rotatable bonds is 7. The van der Waals surface area contributed by atoms with Gasteiger partial charge in [0.25, 0.3) is 0 Å². The number of nitrogens with one attached hydrogen (secondary N) is 2. The fourth-order valence-electron chi connectivity index (χ4n) is 4.56. The molecule has 8 nitrogen and oxygen atoms in total. The van der Waals surface area contributed by atoms with E-state index in [9.17, 15) is 0 Å². The number of furan rings is 1. The number of guanidine groups is 1. The molecule has 0 aromatic carbocycles. The monoisotopic (exact) mass is 541 g/mol. The minimum atomic E-state index is 0. The van der Waals surface area contributed by atoms with Crippen LogP contribution >= 0.6 is 24.0 Å². The zero-order chi connectivity index (χ0) is 20.6. The maximum absolute atomic E-state index is 5.75. The Kier molecular flexibility index (Phi) is 9.63. The first-order valence-electron chi connectivity index (χ1n) is 11.5. The van der Waals surface area contributed by atoms with E-state index >= 15 is 0 Å². The van der Waals surface area contributed by atoms with Crippen LogP contribution < -0.4 is 10.6 Å². The molecule has 172 valence electrons. The second-order valence-electron chi connectivity index (χ2n) is 8.25. The molecule has 9 heteroatoms. The van der Waals surface area contributed by atoms with Crippen LogP contribution in [0.25, 0.3) is 0 Å². The van der Waals surface area contributed by atoms with Gasteiger partial charge in [0.15, 0.2) is 5.96 Å². The Bertz CT molecular complexity index is 799. The highest BCUT2D eigenvalue weighted by molar-refractivity contribution is 14.0. The van der Waals surface area contributed by atoms with Crippen molar-refractivity contribution in [3.63, 3.8) is 0 Å². The molecule has 4 heterocycles. The minimum Gasteiger partial charge on any atom is -0.468 e. The predicted octanol–water partition coefficient (Wildman–Crippen LogP) is 3.15. The summed E-state index contributed by atoms with van der Waals surface area (Å²) in [5.74, 6) is 4.06. The first-order valence-corrected chi connectivity index (χ1v) is 11.5. The number of halogens is 1. The van der Waals surface area contributed by atoms with Gasteiger partial charge in [-0.25, -0.2) is 0 Å². The quantitative estimate of drug-likeness (QED) is 0.319. The first-order chi connectivity index (χ1) is 14.8. The maximum Gasteiger partial charge on any atom is 0.191 e. The van der Waals surface area contributed by atoms with E-state index < -0.39 is 0 Å². The Hall–Kier alpha value is -1.62. The summed E-state index contributed by atoms with van der Waals surface area (Å²) >= 11 is 0. The molecule has 2 aliphatic rings. The second kappa shape index (κ2) is 12.4. The highest BCUT2D eigenvalue weighted by atomic mass is 127. The second-order valence-corrected chi connectivity index (χ2v) is 8.25. The van der Waals surface area contributed by atoms with E-state index in [-0.39, 0.29) is 30.0 Å². The zero-order valence-corrected chi connectivity index (χ0v) is 20.9. The van der Waals surface area contributed by atoms with Crippen molar-refractivity contribution in [3.05, 3.63) is 35.8 Å². The third kappa shape index (κ3) is 6.44. The van der Waals surface area contributed by atoms with Gasteiger partial charge in [0.1, 0.15) is 17.4 Å². The van der Waals surface area contributed by atoms with Crippen molar-refractivity contribution in [1.29, 1.82) is 0 Å². The van der Waals surface area contributed by atoms with Crippen molar-refractivity contribution in [2.45, 2.75) is 64.0 Å². The van der Waals surface area contributed by atoms with Crippen molar-refractivity contribution >= 4 is 29.9 Å². The summed E-state index contributed by atoms with van der Waals surface area (Å²) in [6, 6.07) is 4.28. The van der Waals surface area contributed by atoms with Crippen LogP contribution in [0.1, 0.15) is 62.0 Å². The Labute approximate surface area is 202 Å². The van der Waals surface area contributed by atoms with E-state index in [1.807, 2.05) is 13.1 Å². The van der Waals surface area contributed by atoms with Crippen molar-refractivity contribution in [3.8, 4) is 0 Å². The molecule has 0 bridgehead atoms. The number of fused-ring (bicyclic) bond motifs is 1. The van der Waals surface area contributed by atoms with Crippen LogP contribution in [0.3, 0.4) is 0 Å². The highest BCUT2D eigenvalue weighted by Gasteiger charge is 2.24. The van der Waals surface area contributed by atoms with Gasteiger partial charge in [-0.1, -0.05) is 12.8 Å². The van der Waals surface area contributed by atoms with Crippen molar-refractivity contribution in [1.82, 2.24) is 30.3 Å². The Balaban J connectivity index is 0.00000272. The van der Waals surface area contributed by atoms with Crippen LogP contribution in [0, 0.1) is 0 Å². The molecule has 0 amide bonds. The maximum atomic E-state index is 5.75. The number of hydrogen-bond acceptors (Lipinski definition) is 5. The van der Waals surface area contributed by atoms with Crippen LogP contribution in [-0.2, 0) is 19.4 Å². The lowest BCUT2D eigenvalue weighted by Crippen LogP contribution is -2.44. The van der Waals surface area contributed by atoms with Gasteiger partial charge in [0.2, 0.25) is 0 Å². The number of piperidine rings is 1. The van der Waals surface area contributed by atoms with Crippen LogP contribution in [-0.4, -0.2) is 58.9 Å². The molecule has 1 fully saturated rings.